The summed E-state index contributed by atoms with van der Waals surface area (Å²) in [4.78, 5) is 24.0. The summed E-state index contributed by atoms with van der Waals surface area (Å²) in [5, 5.41) is 0. The van der Waals surface area contributed by atoms with Crippen LogP contribution in [0.5, 0.6) is 0 Å². The number of nitrogen functional groups attached to an aromatic ring is 1. The van der Waals surface area contributed by atoms with Gasteiger partial charge in [-0.2, -0.15) is 0 Å². The Hall–Kier alpha value is -1.92. The van der Waals surface area contributed by atoms with E-state index in [0.717, 1.165) is 13.2 Å². The quantitative estimate of drug-likeness (QED) is 0.747. The summed E-state index contributed by atoms with van der Waals surface area (Å²) in [6, 6.07) is 0.911. The number of esters is 1. The molecule has 7 heteroatoms. The van der Waals surface area contributed by atoms with E-state index < -0.39 is 35.8 Å². The van der Waals surface area contributed by atoms with Gasteiger partial charge in [-0.1, -0.05) is 0 Å². The molecule has 0 fully saturated rings. The van der Waals surface area contributed by atoms with Crippen molar-refractivity contribution in [1.29, 1.82) is 0 Å². The number of hydrogen-bond donors (Lipinski definition) is 2. The van der Waals surface area contributed by atoms with Crippen molar-refractivity contribution in [2.24, 2.45) is 0 Å². The van der Waals surface area contributed by atoms with Crippen LogP contribution in [0.4, 0.5) is 14.6 Å². The summed E-state index contributed by atoms with van der Waals surface area (Å²) in [6.45, 7) is 0. The molecule has 0 saturated heterocycles. The number of methoxy groups -OCH3 is 1. The number of H-pyrrole nitrogens is 1. The maximum atomic E-state index is 12.6. The van der Waals surface area contributed by atoms with E-state index in [-0.39, 0.29) is 5.56 Å². The number of nitrogens with one attached hydrogen (secondary N) is 1. The van der Waals surface area contributed by atoms with Gasteiger partial charge in [0.05, 0.1) is 19.1 Å². The van der Waals surface area contributed by atoms with E-state index in [1.807, 2.05) is 4.98 Å². The summed E-state index contributed by atoms with van der Waals surface area (Å²) in [5.41, 5.74) is 3.96. The van der Waals surface area contributed by atoms with Crippen LogP contribution in [0, 0.1) is 0 Å². The highest BCUT2D eigenvalue weighted by Gasteiger charge is 2.19. The number of pyridine rings is 1. The third kappa shape index (κ3) is 2.56. The molecule has 16 heavy (non-hydrogen) atoms. The molecule has 0 bridgehead atoms. The van der Waals surface area contributed by atoms with E-state index in [2.05, 4.69) is 4.74 Å². The number of carbonyl (C=O) groups is 1. The number of nitrogens with two attached hydrogens (primary N) is 1. The number of halogens is 2. The summed E-state index contributed by atoms with van der Waals surface area (Å²) in [5.74, 6) is -1.15. The minimum atomic E-state index is -2.86. The topological polar surface area (TPSA) is 85.2 Å². The van der Waals surface area contributed by atoms with Gasteiger partial charge < -0.3 is 15.5 Å². The summed E-state index contributed by atoms with van der Waals surface area (Å²) in [7, 11) is 1.13. The molecule has 1 aromatic rings. The first-order valence-electron chi connectivity index (χ1n) is 4.32. The lowest BCUT2D eigenvalue weighted by Crippen LogP contribution is -2.16. The molecule has 0 radical (unpaired) electrons. The van der Waals surface area contributed by atoms with Gasteiger partial charge in [-0.15, -0.1) is 0 Å². The second-order valence-corrected chi connectivity index (χ2v) is 3.04. The van der Waals surface area contributed by atoms with Crippen LogP contribution >= 0.6 is 0 Å². The van der Waals surface area contributed by atoms with Crippen molar-refractivity contribution in [2.75, 3.05) is 12.8 Å². The fourth-order valence-corrected chi connectivity index (χ4v) is 1.28. The van der Waals surface area contributed by atoms with Crippen LogP contribution in [0.3, 0.4) is 0 Å². The van der Waals surface area contributed by atoms with Crippen molar-refractivity contribution < 1.29 is 18.3 Å². The third-order valence-corrected chi connectivity index (χ3v) is 1.98. The highest BCUT2D eigenvalue weighted by molar-refractivity contribution is 5.73. The van der Waals surface area contributed by atoms with Crippen LogP contribution in [0.15, 0.2) is 10.9 Å². The first-order chi connectivity index (χ1) is 7.45. The number of ether oxygens (including phenoxy) is 1. The molecule has 0 aliphatic rings. The number of aromatic nitrogens is 1. The smallest absolute Gasteiger partial charge is 0.309 e. The molecule has 1 aromatic heterocycles. The van der Waals surface area contributed by atoms with Crippen molar-refractivity contribution >= 4 is 11.8 Å². The largest absolute Gasteiger partial charge is 0.469 e. The van der Waals surface area contributed by atoms with Gasteiger partial charge in [0.1, 0.15) is 5.82 Å². The zero-order chi connectivity index (χ0) is 12.3. The number of rotatable bonds is 3. The molecule has 0 amide bonds. The number of aromatic amines is 1. The number of alkyl halides is 2. The zero-order valence-electron chi connectivity index (χ0n) is 8.42. The molecule has 1 rings (SSSR count). The lowest BCUT2D eigenvalue weighted by molar-refractivity contribution is -0.139. The van der Waals surface area contributed by atoms with Crippen LogP contribution in [0.25, 0.3) is 0 Å². The maximum Gasteiger partial charge on any atom is 0.309 e. The SMILES string of the molecule is COC(=O)Cc1cc(=O)[nH]c(N)c1C(F)F. The molecular formula is C9H10F2N2O3. The molecule has 0 atom stereocenters. The second-order valence-electron chi connectivity index (χ2n) is 3.04. The van der Waals surface area contributed by atoms with Crippen molar-refractivity contribution in [3.63, 3.8) is 0 Å². The average Bonchev–Trinajstić information content (AvgIpc) is 2.15. The number of hydrogen-bond acceptors (Lipinski definition) is 4. The molecule has 0 aromatic carbocycles. The van der Waals surface area contributed by atoms with Gasteiger partial charge >= 0.3 is 5.97 Å². The standard InChI is InChI=1S/C9H10F2N2O3/c1-16-6(15)3-4-2-5(14)13-9(12)7(4)8(10)11/h2,8H,3H2,1H3,(H3,12,13,14). The summed E-state index contributed by atoms with van der Waals surface area (Å²) < 4.78 is 29.6. The van der Waals surface area contributed by atoms with Crippen LogP contribution in [0.2, 0.25) is 0 Å². The summed E-state index contributed by atoms with van der Waals surface area (Å²) in [6.07, 6.45) is -3.28. The van der Waals surface area contributed by atoms with Gasteiger partial charge in [0.2, 0.25) is 5.56 Å². The monoisotopic (exact) mass is 232 g/mol. The minimum Gasteiger partial charge on any atom is -0.469 e. The third-order valence-electron chi connectivity index (χ3n) is 1.98. The fraction of sp³-hybridized carbons (Fsp3) is 0.333. The van der Waals surface area contributed by atoms with Gasteiger partial charge in [0.25, 0.3) is 6.43 Å². The van der Waals surface area contributed by atoms with E-state index in [1.54, 1.807) is 0 Å². The second kappa shape index (κ2) is 4.73. The molecule has 5 nitrogen and oxygen atoms in total. The van der Waals surface area contributed by atoms with Gasteiger partial charge in [-0.05, 0) is 5.56 Å². The van der Waals surface area contributed by atoms with Gasteiger partial charge in [0, 0.05) is 6.07 Å². The van der Waals surface area contributed by atoms with Crippen LogP contribution in [-0.2, 0) is 16.0 Å². The normalized spacial score (nSPS) is 10.5. The Labute approximate surface area is 89.2 Å². The lowest BCUT2D eigenvalue weighted by Gasteiger charge is -2.09. The van der Waals surface area contributed by atoms with E-state index in [9.17, 15) is 18.4 Å². The van der Waals surface area contributed by atoms with Gasteiger partial charge in [0.15, 0.2) is 0 Å². The van der Waals surface area contributed by atoms with Gasteiger partial charge in [-0.25, -0.2) is 8.78 Å². The highest BCUT2D eigenvalue weighted by atomic mass is 19.3. The Morgan fingerprint density at radius 1 is 1.62 bits per heavy atom. The maximum absolute atomic E-state index is 12.6. The molecule has 0 aliphatic carbocycles. The first-order valence-corrected chi connectivity index (χ1v) is 4.32. The Balaban J connectivity index is 3.24. The van der Waals surface area contributed by atoms with Crippen LogP contribution in [0.1, 0.15) is 17.6 Å². The molecule has 0 aliphatic heterocycles. The molecule has 3 N–H and O–H groups in total. The number of anilines is 1. The first kappa shape index (κ1) is 12.2. The van der Waals surface area contributed by atoms with E-state index in [4.69, 9.17) is 5.73 Å². The minimum absolute atomic E-state index is 0.122. The molecule has 88 valence electrons. The lowest BCUT2D eigenvalue weighted by atomic mass is 10.1. The van der Waals surface area contributed by atoms with E-state index in [1.165, 1.54) is 0 Å². The molecular weight excluding hydrogens is 222 g/mol. The van der Waals surface area contributed by atoms with Crippen molar-refractivity contribution in [1.82, 2.24) is 4.98 Å². The van der Waals surface area contributed by atoms with Crippen molar-refractivity contribution in [3.8, 4) is 0 Å². The highest BCUT2D eigenvalue weighted by Crippen LogP contribution is 2.26. The van der Waals surface area contributed by atoms with Gasteiger partial charge in [-0.3, -0.25) is 9.59 Å². The van der Waals surface area contributed by atoms with Crippen LogP contribution in [-0.4, -0.2) is 18.1 Å². The Kier molecular flexibility index (Phi) is 3.60. The summed E-state index contributed by atoms with van der Waals surface area (Å²) >= 11 is 0. The molecule has 0 spiro atoms. The zero-order valence-corrected chi connectivity index (χ0v) is 8.42. The predicted octanol–water partition coefficient (Wildman–Crippen LogP) is 0.610. The predicted molar refractivity (Wildman–Crippen MR) is 52.2 cm³/mol. The van der Waals surface area contributed by atoms with Crippen LogP contribution < -0.4 is 11.3 Å². The number of carbonyl (C=O) groups excluding carboxylic acids is 1. The Morgan fingerprint density at radius 2 is 2.25 bits per heavy atom. The molecule has 0 saturated carbocycles. The fourth-order valence-electron chi connectivity index (χ4n) is 1.28. The van der Waals surface area contributed by atoms with E-state index in [0.29, 0.717) is 0 Å². The molecule has 0 unspecified atom stereocenters. The average molecular weight is 232 g/mol. The van der Waals surface area contributed by atoms with E-state index >= 15 is 0 Å². The Bertz CT molecular complexity index is 457. The molecule has 1 heterocycles. The van der Waals surface area contributed by atoms with Crippen molar-refractivity contribution in [2.45, 2.75) is 12.8 Å². The van der Waals surface area contributed by atoms with Crippen molar-refractivity contribution in [3.05, 3.63) is 27.5 Å². The Morgan fingerprint density at radius 3 is 2.75 bits per heavy atom.